The number of hydrogen-bond donors (Lipinski definition) is 3. The zero-order chi connectivity index (χ0) is 22.6. The van der Waals surface area contributed by atoms with Crippen LogP contribution in [0.15, 0.2) is 42.6 Å². The molecule has 1 saturated heterocycles. The first-order valence-electron chi connectivity index (χ1n) is 11.2. The lowest BCUT2D eigenvalue weighted by atomic mass is 9.96. The third-order valence-electron chi connectivity index (χ3n) is 5.87. The second-order valence-corrected chi connectivity index (χ2v) is 9.35. The summed E-state index contributed by atoms with van der Waals surface area (Å²) in [5, 5.41) is 15.6. The molecule has 0 saturated carbocycles. The van der Waals surface area contributed by atoms with Crippen LogP contribution in [0.1, 0.15) is 36.3 Å². The molecule has 7 nitrogen and oxygen atoms in total. The van der Waals surface area contributed by atoms with Gasteiger partial charge in [-0.15, -0.1) is 0 Å². The number of hydrogen-bond acceptors (Lipinski definition) is 6. The van der Waals surface area contributed by atoms with Gasteiger partial charge in [-0.25, -0.2) is 4.98 Å². The Hall–Kier alpha value is -3.36. The molecule has 0 spiro atoms. The quantitative estimate of drug-likeness (QED) is 0.382. The fourth-order valence-electron chi connectivity index (χ4n) is 4.20. The highest BCUT2D eigenvalue weighted by Crippen LogP contribution is 2.34. The van der Waals surface area contributed by atoms with E-state index in [1.54, 1.807) is 6.20 Å². The standard InChI is InChI=1S/C25H26N6OS/c1-16-24(33-25(28-16)29-23(32)13-17-5-4-11-26-15-17)18-7-9-20-21(30-31-22(20)14-18)10-8-19-6-2-3-12-27-19/h2-3,6-10,12,14,17,26H,4-5,11,13,15H2,1H3,(H,30,31)(H,28,29,32)/b10-8+. The minimum atomic E-state index is 0.0392. The zero-order valence-electron chi connectivity index (χ0n) is 18.5. The van der Waals surface area contributed by atoms with Crippen molar-refractivity contribution in [2.75, 3.05) is 18.4 Å². The Morgan fingerprint density at radius 3 is 3.03 bits per heavy atom. The number of H-pyrrole nitrogens is 1. The Labute approximate surface area is 196 Å². The number of aromatic amines is 1. The van der Waals surface area contributed by atoms with E-state index in [0.717, 1.165) is 64.4 Å². The van der Waals surface area contributed by atoms with Gasteiger partial charge in [0.1, 0.15) is 0 Å². The van der Waals surface area contributed by atoms with E-state index in [4.69, 9.17) is 0 Å². The molecular formula is C25H26N6OS. The lowest BCUT2D eigenvalue weighted by Crippen LogP contribution is -2.32. The lowest BCUT2D eigenvalue weighted by molar-refractivity contribution is -0.117. The molecule has 33 heavy (non-hydrogen) atoms. The highest BCUT2D eigenvalue weighted by molar-refractivity contribution is 7.19. The lowest BCUT2D eigenvalue weighted by Gasteiger charge is -2.21. The summed E-state index contributed by atoms with van der Waals surface area (Å²) in [5.41, 5.74) is 4.67. The van der Waals surface area contributed by atoms with Gasteiger partial charge in [0.25, 0.3) is 0 Å². The van der Waals surface area contributed by atoms with Crippen LogP contribution in [0.25, 0.3) is 33.5 Å². The monoisotopic (exact) mass is 458 g/mol. The van der Waals surface area contributed by atoms with Gasteiger partial charge >= 0.3 is 0 Å². The highest BCUT2D eigenvalue weighted by Gasteiger charge is 2.18. The van der Waals surface area contributed by atoms with Crippen LogP contribution in [0.5, 0.6) is 0 Å². The average molecular weight is 459 g/mol. The van der Waals surface area contributed by atoms with E-state index in [-0.39, 0.29) is 5.91 Å². The number of pyridine rings is 1. The summed E-state index contributed by atoms with van der Waals surface area (Å²) in [7, 11) is 0. The number of thiazole rings is 1. The number of amides is 1. The van der Waals surface area contributed by atoms with Crippen LogP contribution >= 0.6 is 11.3 Å². The first kappa shape index (κ1) is 21.5. The van der Waals surface area contributed by atoms with E-state index in [9.17, 15) is 4.79 Å². The Balaban J connectivity index is 1.31. The van der Waals surface area contributed by atoms with Crippen molar-refractivity contribution in [3.63, 3.8) is 0 Å². The molecule has 8 heteroatoms. The predicted molar refractivity (Wildman–Crippen MR) is 134 cm³/mol. The van der Waals surface area contributed by atoms with Crippen molar-refractivity contribution in [3.05, 3.63) is 59.7 Å². The van der Waals surface area contributed by atoms with Gasteiger partial charge in [0, 0.05) is 18.0 Å². The molecule has 1 fully saturated rings. The van der Waals surface area contributed by atoms with Gasteiger partial charge < -0.3 is 10.6 Å². The third-order valence-corrected chi connectivity index (χ3v) is 6.99. The van der Waals surface area contributed by atoms with Gasteiger partial charge in [-0.3, -0.25) is 14.9 Å². The van der Waals surface area contributed by atoms with Gasteiger partial charge in [0.05, 0.1) is 27.5 Å². The van der Waals surface area contributed by atoms with Crippen molar-refractivity contribution in [2.45, 2.75) is 26.2 Å². The van der Waals surface area contributed by atoms with Crippen molar-refractivity contribution in [1.82, 2.24) is 25.5 Å². The minimum Gasteiger partial charge on any atom is -0.316 e. The number of nitrogens with one attached hydrogen (secondary N) is 3. The van der Waals surface area contributed by atoms with Gasteiger partial charge in [0.15, 0.2) is 5.13 Å². The Bertz CT molecular complexity index is 1290. The van der Waals surface area contributed by atoms with Gasteiger partial charge in [-0.2, -0.15) is 5.10 Å². The van der Waals surface area contributed by atoms with Crippen LogP contribution in [0.3, 0.4) is 0 Å². The zero-order valence-corrected chi connectivity index (χ0v) is 19.3. The fraction of sp³-hybridized carbons (Fsp3) is 0.280. The number of piperidine rings is 1. The molecule has 1 aliphatic heterocycles. The average Bonchev–Trinajstić information content (AvgIpc) is 3.41. The van der Waals surface area contributed by atoms with E-state index in [1.165, 1.54) is 11.3 Å². The normalized spacial score (nSPS) is 16.5. The van der Waals surface area contributed by atoms with Crippen LogP contribution < -0.4 is 10.6 Å². The van der Waals surface area contributed by atoms with Gasteiger partial charge in [-0.1, -0.05) is 23.5 Å². The van der Waals surface area contributed by atoms with E-state index >= 15 is 0 Å². The Kier molecular flexibility index (Phi) is 6.28. The molecule has 1 unspecified atom stereocenters. The number of anilines is 1. The van der Waals surface area contributed by atoms with Crippen LogP contribution in [0, 0.1) is 12.8 Å². The summed E-state index contributed by atoms with van der Waals surface area (Å²) >= 11 is 1.51. The van der Waals surface area contributed by atoms with Crippen molar-refractivity contribution in [1.29, 1.82) is 0 Å². The summed E-state index contributed by atoms with van der Waals surface area (Å²) in [6.07, 6.45) is 8.47. The minimum absolute atomic E-state index is 0.0392. The molecule has 4 heterocycles. The number of benzene rings is 1. The maximum atomic E-state index is 12.5. The van der Waals surface area contributed by atoms with E-state index in [2.05, 4.69) is 49.0 Å². The predicted octanol–water partition coefficient (Wildman–Crippen LogP) is 4.89. The van der Waals surface area contributed by atoms with E-state index in [1.807, 2.05) is 37.3 Å². The number of nitrogens with zero attached hydrogens (tertiary/aromatic N) is 3. The van der Waals surface area contributed by atoms with Gasteiger partial charge in [-0.05, 0) is 80.8 Å². The largest absolute Gasteiger partial charge is 0.316 e. The molecule has 1 aromatic carbocycles. The van der Waals surface area contributed by atoms with Crippen molar-refractivity contribution in [3.8, 4) is 10.4 Å². The number of aryl methyl sites for hydroxylation is 1. The second kappa shape index (κ2) is 9.64. The molecule has 0 bridgehead atoms. The molecule has 4 aromatic rings. The van der Waals surface area contributed by atoms with E-state index < -0.39 is 0 Å². The number of aromatic nitrogens is 4. The molecule has 3 N–H and O–H groups in total. The van der Waals surface area contributed by atoms with Crippen molar-refractivity contribution < 1.29 is 4.79 Å². The van der Waals surface area contributed by atoms with Crippen LogP contribution in [0.2, 0.25) is 0 Å². The van der Waals surface area contributed by atoms with Crippen molar-refractivity contribution >= 4 is 45.4 Å². The smallest absolute Gasteiger partial charge is 0.226 e. The number of carbonyl (C=O) groups is 1. The number of carbonyl (C=O) groups excluding carboxylic acids is 1. The van der Waals surface area contributed by atoms with Crippen LogP contribution in [-0.4, -0.2) is 39.2 Å². The van der Waals surface area contributed by atoms with E-state index in [0.29, 0.717) is 17.5 Å². The second-order valence-electron chi connectivity index (χ2n) is 8.36. The molecule has 3 aromatic heterocycles. The summed E-state index contributed by atoms with van der Waals surface area (Å²) in [6, 6.07) is 12.0. The molecular weight excluding hydrogens is 432 g/mol. The highest BCUT2D eigenvalue weighted by atomic mass is 32.1. The third kappa shape index (κ3) is 5.02. The molecule has 1 amide bonds. The molecule has 168 valence electrons. The molecule has 0 radical (unpaired) electrons. The Morgan fingerprint density at radius 2 is 2.21 bits per heavy atom. The molecule has 1 aliphatic rings. The first-order chi connectivity index (χ1) is 16.2. The van der Waals surface area contributed by atoms with Gasteiger partial charge in [0.2, 0.25) is 5.91 Å². The Morgan fingerprint density at radius 1 is 1.27 bits per heavy atom. The van der Waals surface area contributed by atoms with Crippen LogP contribution in [0.4, 0.5) is 5.13 Å². The number of fused-ring (bicyclic) bond motifs is 1. The first-order valence-corrected chi connectivity index (χ1v) is 12.0. The maximum Gasteiger partial charge on any atom is 0.226 e. The topological polar surface area (TPSA) is 95.6 Å². The fourth-order valence-corrected chi connectivity index (χ4v) is 5.18. The summed E-state index contributed by atoms with van der Waals surface area (Å²) in [6.45, 7) is 3.94. The van der Waals surface area contributed by atoms with Crippen molar-refractivity contribution in [2.24, 2.45) is 5.92 Å². The maximum absolute atomic E-state index is 12.5. The SMILES string of the molecule is Cc1nc(NC(=O)CC2CCCNC2)sc1-c1ccc2c(/C=C/c3ccccn3)n[nH]c2c1. The summed E-state index contributed by atoms with van der Waals surface area (Å²) in [4.78, 5) is 22.4. The molecule has 5 rings (SSSR count). The summed E-state index contributed by atoms with van der Waals surface area (Å²) in [5.74, 6) is 0.445. The molecule has 0 aliphatic carbocycles. The molecule has 1 atom stereocenters. The summed E-state index contributed by atoms with van der Waals surface area (Å²) < 4.78 is 0. The van der Waals surface area contributed by atoms with Crippen LogP contribution in [-0.2, 0) is 4.79 Å². The number of rotatable bonds is 6.